The lowest BCUT2D eigenvalue weighted by Gasteiger charge is -2.16. The Kier molecular flexibility index (Phi) is 5.32. The Hall–Kier alpha value is -3.17. The van der Waals surface area contributed by atoms with Crippen molar-refractivity contribution in [2.45, 2.75) is 19.1 Å². The van der Waals surface area contributed by atoms with Gasteiger partial charge in [-0.05, 0) is 43.2 Å². The highest BCUT2D eigenvalue weighted by Crippen LogP contribution is 2.44. The fourth-order valence-corrected chi connectivity index (χ4v) is 4.67. The van der Waals surface area contributed by atoms with Gasteiger partial charge in [-0.2, -0.15) is 5.10 Å². The van der Waals surface area contributed by atoms with Gasteiger partial charge in [-0.25, -0.2) is 4.68 Å². The molecule has 5 nitrogen and oxygen atoms in total. The summed E-state index contributed by atoms with van der Waals surface area (Å²) in [5.74, 6) is 4.29. The summed E-state index contributed by atoms with van der Waals surface area (Å²) in [5, 5.41) is 7.83. The SMILES string of the molecule is C#CCOc1ccc([C@@H]2SCC(=O)Nc3c2c(C)nn3-c2ccccc2C)cc1. The van der Waals surface area contributed by atoms with E-state index < -0.39 is 0 Å². The van der Waals surface area contributed by atoms with Crippen LogP contribution in [0.25, 0.3) is 5.69 Å². The van der Waals surface area contributed by atoms with Gasteiger partial charge in [0.15, 0.2) is 0 Å². The number of aromatic nitrogens is 2. The highest BCUT2D eigenvalue weighted by atomic mass is 32.2. The average Bonchev–Trinajstić information content (AvgIpc) is 2.92. The van der Waals surface area contributed by atoms with Crippen LogP contribution >= 0.6 is 11.8 Å². The smallest absolute Gasteiger partial charge is 0.235 e. The molecule has 1 aliphatic heterocycles. The number of ether oxygens (including phenoxy) is 1. The highest BCUT2D eigenvalue weighted by molar-refractivity contribution is 8.00. The second-order valence-electron chi connectivity index (χ2n) is 6.85. The van der Waals surface area contributed by atoms with E-state index in [9.17, 15) is 4.79 Å². The topological polar surface area (TPSA) is 56.1 Å². The number of terminal acetylenes is 1. The van der Waals surface area contributed by atoms with Gasteiger partial charge in [-0.1, -0.05) is 36.3 Å². The predicted octanol–water partition coefficient (Wildman–Crippen LogP) is 4.28. The van der Waals surface area contributed by atoms with Gasteiger partial charge in [0.25, 0.3) is 0 Å². The van der Waals surface area contributed by atoms with Crippen LogP contribution in [-0.4, -0.2) is 28.0 Å². The quantitative estimate of drug-likeness (QED) is 0.661. The van der Waals surface area contributed by atoms with Crippen LogP contribution < -0.4 is 10.1 Å². The fourth-order valence-electron chi connectivity index (χ4n) is 3.49. The zero-order valence-electron chi connectivity index (χ0n) is 16.3. The second-order valence-corrected chi connectivity index (χ2v) is 7.94. The van der Waals surface area contributed by atoms with Crippen LogP contribution in [0.2, 0.25) is 0 Å². The molecule has 0 fully saturated rings. The number of rotatable bonds is 4. The zero-order valence-corrected chi connectivity index (χ0v) is 17.1. The summed E-state index contributed by atoms with van der Waals surface area (Å²) >= 11 is 1.60. The largest absolute Gasteiger partial charge is 0.481 e. The molecule has 1 atom stereocenters. The molecule has 0 saturated heterocycles. The van der Waals surface area contributed by atoms with Gasteiger partial charge in [-0.3, -0.25) is 4.79 Å². The Balaban J connectivity index is 1.79. The van der Waals surface area contributed by atoms with Crippen LogP contribution in [0.3, 0.4) is 0 Å². The number of carbonyl (C=O) groups excluding carboxylic acids is 1. The Bertz CT molecular complexity index is 1100. The summed E-state index contributed by atoms with van der Waals surface area (Å²) in [6.07, 6.45) is 5.26. The molecule has 1 N–H and O–H groups in total. The molecule has 1 aliphatic rings. The molecule has 3 aromatic rings. The third-order valence-electron chi connectivity index (χ3n) is 4.86. The lowest BCUT2D eigenvalue weighted by molar-refractivity contribution is -0.113. The van der Waals surface area contributed by atoms with Crippen molar-refractivity contribution in [1.82, 2.24) is 9.78 Å². The number of nitrogens with one attached hydrogen (secondary N) is 1. The van der Waals surface area contributed by atoms with Crippen molar-refractivity contribution in [3.8, 4) is 23.8 Å². The molecule has 29 heavy (non-hydrogen) atoms. The average molecular weight is 404 g/mol. The molecule has 0 radical (unpaired) electrons. The molecule has 4 rings (SSSR count). The Morgan fingerprint density at radius 1 is 1.24 bits per heavy atom. The third-order valence-corrected chi connectivity index (χ3v) is 6.13. The van der Waals surface area contributed by atoms with Crippen molar-refractivity contribution >= 4 is 23.5 Å². The van der Waals surface area contributed by atoms with E-state index in [1.807, 2.05) is 67.1 Å². The molecule has 2 aromatic carbocycles. The number of aryl methyl sites for hydroxylation is 2. The summed E-state index contributed by atoms with van der Waals surface area (Å²) in [6, 6.07) is 15.9. The molecular formula is C23H21N3O2S. The molecular weight excluding hydrogens is 382 g/mol. The number of fused-ring (bicyclic) bond motifs is 1. The van der Waals surface area contributed by atoms with Crippen molar-refractivity contribution in [2.24, 2.45) is 0 Å². The summed E-state index contributed by atoms with van der Waals surface area (Å²) < 4.78 is 7.33. The van der Waals surface area contributed by atoms with Crippen LogP contribution in [0.15, 0.2) is 48.5 Å². The molecule has 0 saturated carbocycles. The van der Waals surface area contributed by atoms with Crippen molar-refractivity contribution in [3.63, 3.8) is 0 Å². The molecule has 0 spiro atoms. The van der Waals surface area contributed by atoms with E-state index in [4.69, 9.17) is 16.3 Å². The second kappa shape index (κ2) is 8.06. The van der Waals surface area contributed by atoms with Crippen LogP contribution in [-0.2, 0) is 4.79 Å². The minimum atomic E-state index is -0.0255. The molecule has 1 amide bonds. The number of hydrogen-bond donors (Lipinski definition) is 1. The van der Waals surface area contributed by atoms with E-state index in [1.165, 1.54) is 0 Å². The first-order valence-corrected chi connectivity index (χ1v) is 10.4. The van der Waals surface area contributed by atoms with Gasteiger partial charge >= 0.3 is 0 Å². The summed E-state index contributed by atoms with van der Waals surface area (Å²) in [6.45, 7) is 4.27. The number of para-hydroxylation sites is 1. The minimum Gasteiger partial charge on any atom is -0.481 e. The van der Waals surface area contributed by atoms with Crippen LogP contribution in [0.4, 0.5) is 5.82 Å². The van der Waals surface area contributed by atoms with E-state index in [-0.39, 0.29) is 17.8 Å². The number of benzene rings is 2. The van der Waals surface area contributed by atoms with Crippen LogP contribution in [0.1, 0.15) is 27.6 Å². The third kappa shape index (κ3) is 3.74. The number of amides is 1. The first-order valence-electron chi connectivity index (χ1n) is 9.31. The van der Waals surface area contributed by atoms with E-state index in [0.29, 0.717) is 5.75 Å². The first-order chi connectivity index (χ1) is 14.1. The number of anilines is 1. The molecule has 0 unspecified atom stereocenters. The normalized spacial score (nSPS) is 15.8. The van der Waals surface area contributed by atoms with Gasteiger partial charge in [0, 0.05) is 5.56 Å². The fraction of sp³-hybridized carbons (Fsp3) is 0.217. The van der Waals surface area contributed by atoms with Gasteiger partial charge in [0.1, 0.15) is 18.2 Å². The van der Waals surface area contributed by atoms with Crippen molar-refractivity contribution in [3.05, 3.63) is 70.9 Å². The number of hydrogen-bond acceptors (Lipinski definition) is 4. The maximum absolute atomic E-state index is 12.5. The highest BCUT2D eigenvalue weighted by Gasteiger charge is 2.30. The molecule has 0 aliphatic carbocycles. The monoisotopic (exact) mass is 403 g/mol. The van der Waals surface area contributed by atoms with Gasteiger partial charge in [-0.15, -0.1) is 18.2 Å². The van der Waals surface area contributed by atoms with Gasteiger partial charge < -0.3 is 10.1 Å². The lowest BCUT2D eigenvalue weighted by Crippen LogP contribution is -2.16. The van der Waals surface area contributed by atoms with Gasteiger partial charge in [0.2, 0.25) is 5.91 Å². The maximum atomic E-state index is 12.5. The predicted molar refractivity (Wildman–Crippen MR) is 117 cm³/mol. The molecule has 6 heteroatoms. The maximum Gasteiger partial charge on any atom is 0.235 e. The van der Waals surface area contributed by atoms with E-state index in [0.717, 1.165) is 39.6 Å². The number of thioether (sulfide) groups is 1. The molecule has 1 aromatic heterocycles. The van der Waals surface area contributed by atoms with E-state index in [2.05, 4.69) is 11.2 Å². The molecule has 2 heterocycles. The first kappa shape index (κ1) is 19.2. The van der Waals surface area contributed by atoms with Gasteiger partial charge in [0.05, 0.1) is 22.4 Å². The standard InChI is InChI=1S/C23H21N3O2S/c1-4-13-28-18-11-9-17(10-12-18)22-21-16(3)25-26(19-8-6-5-7-15(19)2)23(21)24-20(27)14-29-22/h1,5-12,22H,13-14H2,2-3H3,(H,24,27)/t22-/m0/s1. The molecule has 0 bridgehead atoms. The lowest BCUT2D eigenvalue weighted by atomic mass is 10.0. The zero-order chi connectivity index (χ0) is 20.4. The van der Waals surface area contributed by atoms with Crippen LogP contribution in [0, 0.1) is 26.2 Å². The Morgan fingerprint density at radius 3 is 2.72 bits per heavy atom. The van der Waals surface area contributed by atoms with Crippen molar-refractivity contribution in [2.75, 3.05) is 17.7 Å². The number of nitrogens with zero attached hydrogens (tertiary/aromatic N) is 2. The summed E-state index contributed by atoms with van der Waals surface area (Å²) in [4.78, 5) is 12.5. The Labute approximate surface area is 174 Å². The van der Waals surface area contributed by atoms with Crippen LogP contribution in [0.5, 0.6) is 5.75 Å². The summed E-state index contributed by atoms with van der Waals surface area (Å²) in [7, 11) is 0. The van der Waals surface area contributed by atoms with E-state index in [1.54, 1.807) is 11.8 Å². The molecule has 146 valence electrons. The van der Waals surface area contributed by atoms with Crippen molar-refractivity contribution < 1.29 is 9.53 Å². The van der Waals surface area contributed by atoms with E-state index >= 15 is 0 Å². The Morgan fingerprint density at radius 2 is 2.00 bits per heavy atom. The number of carbonyl (C=O) groups is 1. The summed E-state index contributed by atoms with van der Waals surface area (Å²) in [5.41, 5.74) is 5.07. The van der Waals surface area contributed by atoms with Crippen molar-refractivity contribution in [1.29, 1.82) is 0 Å². The minimum absolute atomic E-state index is 0.0107.